The van der Waals surface area contributed by atoms with E-state index >= 15 is 0 Å². The summed E-state index contributed by atoms with van der Waals surface area (Å²) in [6.45, 7) is 1.95. The highest BCUT2D eigenvalue weighted by atomic mass is 16.6. The van der Waals surface area contributed by atoms with Gasteiger partial charge in [0.15, 0.2) is 23.9 Å². The fraction of sp³-hybridized carbons (Fsp3) is 0.222. The predicted molar refractivity (Wildman–Crippen MR) is 100 cm³/mol. The maximum Gasteiger partial charge on any atom is 0.323 e. The average Bonchev–Trinajstić information content (AvgIpc) is 2.68. The first kappa shape index (κ1) is 20.5. The minimum atomic E-state index is -0.713. The lowest BCUT2D eigenvalue weighted by Gasteiger charge is -2.10. The third-order valence-electron chi connectivity index (χ3n) is 3.43. The summed E-state index contributed by atoms with van der Waals surface area (Å²) in [5.41, 5.74) is 1.78. The highest BCUT2D eigenvalue weighted by Gasteiger charge is 2.23. The minimum absolute atomic E-state index is 0.0440. The quantitative estimate of drug-likeness (QED) is 0.382. The van der Waals surface area contributed by atoms with E-state index in [4.69, 9.17) is 14.2 Å². The molecule has 0 aromatic heterocycles. The first-order valence-electron chi connectivity index (χ1n) is 8.18. The number of carbonyl (C=O) groups is 1. The second-order valence-electron chi connectivity index (χ2n) is 5.27. The fourth-order valence-electron chi connectivity index (χ4n) is 2.26. The summed E-state index contributed by atoms with van der Waals surface area (Å²) in [7, 11) is 1.20. The van der Waals surface area contributed by atoms with Crippen LogP contribution in [0.25, 0.3) is 0 Å². The Morgan fingerprint density at radius 1 is 1.25 bits per heavy atom. The van der Waals surface area contributed by atoms with Gasteiger partial charge in [0.25, 0.3) is 5.91 Å². The van der Waals surface area contributed by atoms with Crippen molar-refractivity contribution in [2.24, 2.45) is 5.10 Å². The van der Waals surface area contributed by atoms with Crippen molar-refractivity contribution < 1.29 is 29.0 Å². The van der Waals surface area contributed by atoms with Crippen molar-refractivity contribution in [3.63, 3.8) is 0 Å². The van der Waals surface area contributed by atoms with Gasteiger partial charge in [-0.15, -0.1) is 0 Å². The molecule has 10 nitrogen and oxygen atoms in total. The van der Waals surface area contributed by atoms with Gasteiger partial charge < -0.3 is 19.3 Å². The number of nitro groups is 1. The molecule has 0 saturated carbocycles. The van der Waals surface area contributed by atoms with E-state index in [2.05, 4.69) is 10.5 Å². The molecule has 0 atom stereocenters. The molecule has 2 N–H and O–H groups in total. The molecule has 0 spiro atoms. The maximum absolute atomic E-state index is 11.9. The van der Waals surface area contributed by atoms with Gasteiger partial charge in [-0.2, -0.15) is 5.10 Å². The van der Waals surface area contributed by atoms with E-state index in [0.29, 0.717) is 18.1 Å². The number of methoxy groups -OCH3 is 1. The van der Waals surface area contributed by atoms with Gasteiger partial charge in [0, 0.05) is 0 Å². The van der Waals surface area contributed by atoms with Crippen LogP contribution in [0.15, 0.2) is 41.5 Å². The number of ether oxygens (including phenoxy) is 3. The van der Waals surface area contributed by atoms with E-state index in [1.807, 2.05) is 6.92 Å². The third-order valence-corrected chi connectivity index (χ3v) is 3.43. The van der Waals surface area contributed by atoms with Crippen LogP contribution in [-0.4, -0.2) is 42.5 Å². The van der Waals surface area contributed by atoms with Gasteiger partial charge >= 0.3 is 5.69 Å². The summed E-state index contributed by atoms with van der Waals surface area (Å²) in [5.74, 6) is -0.334. The van der Waals surface area contributed by atoms with Crippen molar-refractivity contribution >= 4 is 17.8 Å². The molecule has 0 bridgehead atoms. The van der Waals surface area contributed by atoms with Crippen LogP contribution in [0.3, 0.4) is 0 Å². The van der Waals surface area contributed by atoms with Crippen molar-refractivity contribution in [1.29, 1.82) is 0 Å². The number of nitrogens with one attached hydrogen (secondary N) is 1. The Morgan fingerprint density at radius 3 is 2.54 bits per heavy atom. The number of nitrogens with zero attached hydrogens (tertiary/aromatic N) is 2. The highest BCUT2D eigenvalue weighted by Crippen LogP contribution is 2.37. The number of para-hydroxylation sites is 2. The average molecular weight is 389 g/mol. The van der Waals surface area contributed by atoms with Gasteiger partial charge in [-0.05, 0) is 31.2 Å². The molecule has 0 aliphatic heterocycles. The summed E-state index contributed by atoms with van der Waals surface area (Å²) in [5, 5.41) is 24.6. The molecule has 10 heteroatoms. The lowest BCUT2D eigenvalue weighted by atomic mass is 10.1. The first-order valence-corrected chi connectivity index (χ1v) is 8.18. The number of amides is 1. The number of carbonyl (C=O) groups excluding carboxylic acids is 1. The maximum atomic E-state index is 11.9. The number of hydrogen-bond donors (Lipinski definition) is 2. The normalized spacial score (nSPS) is 10.5. The van der Waals surface area contributed by atoms with E-state index in [1.165, 1.54) is 19.2 Å². The zero-order valence-corrected chi connectivity index (χ0v) is 15.2. The Hall–Kier alpha value is -3.82. The second-order valence-corrected chi connectivity index (χ2v) is 5.27. The first-order chi connectivity index (χ1) is 13.5. The van der Waals surface area contributed by atoms with Crippen molar-refractivity contribution in [1.82, 2.24) is 5.43 Å². The van der Waals surface area contributed by atoms with Gasteiger partial charge in [-0.3, -0.25) is 14.9 Å². The van der Waals surface area contributed by atoms with Gasteiger partial charge in [0.2, 0.25) is 5.75 Å². The molecule has 0 radical (unpaired) electrons. The molecular weight excluding hydrogens is 370 g/mol. The molecule has 0 aliphatic rings. The van der Waals surface area contributed by atoms with E-state index in [9.17, 15) is 20.0 Å². The molecule has 2 rings (SSSR count). The summed E-state index contributed by atoms with van der Waals surface area (Å²) in [4.78, 5) is 22.4. The summed E-state index contributed by atoms with van der Waals surface area (Å²) < 4.78 is 15.6. The summed E-state index contributed by atoms with van der Waals surface area (Å²) in [6.07, 6.45) is 1.08. The Labute approximate surface area is 160 Å². The largest absolute Gasteiger partial charge is 0.504 e. The predicted octanol–water partition coefficient (Wildman–Crippen LogP) is 2.24. The number of rotatable bonds is 9. The van der Waals surface area contributed by atoms with E-state index in [1.54, 1.807) is 24.3 Å². The highest BCUT2D eigenvalue weighted by molar-refractivity contribution is 5.89. The number of nitro benzene ring substituents is 1. The van der Waals surface area contributed by atoms with Crippen LogP contribution in [0.5, 0.6) is 23.0 Å². The molecule has 0 saturated heterocycles. The minimum Gasteiger partial charge on any atom is -0.504 e. The molecule has 148 valence electrons. The van der Waals surface area contributed by atoms with Crippen LogP contribution in [0, 0.1) is 10.1 Å². The summed E-state index contributed by atoms with van der Waals surface area (Å²) in [6, 6.07) is 9.40. The van der Waals surface area contributed by atoms with Crippen LogP contribution in [0.2, 0.25) is 0 Å². The molecule has 2 aromatic carbocycles. The van der Waals surface area contributed by atoms with Crippen molar-refractivity contribution in [2.45, 2.75) is 6.92 Å². The molecular formula is C18H19N3O7. The van der Waals surface area contributed by atoms with Crippen LogP contribution in [0.4, 0.5) is 5.69 Å². The van der Waals surface area contributed by atoms with Gasteiger partial charge in [0.05, 0.1) is 30.4 Å². The third kappa shape index (κ3) is 5.10. The van der Waals surface area contributed by atoms with Crippen molar-refractivity contribution in [3.05, 3.63) is 52.1 Å². The number of benzene rings is 2. The number of phenolic OH excluding ortho intramolecular Hbond substituents is 1. The standard InChI is InChI=1S/C18H19N3O7/c1-3-27-14-6-4-5-7-15(14)28-11-16(23)20-19-10-12-8-9-13(22)18(26-2)17(12)21(24)25/h4-10,22H,3,11H2,1-2H3,(H,20,23). The lowest BCUT2D eigenvalue weighted by molar-refractivity contribution is -0.386. The molecule has 0 unspecified atom stereocenters. The van der Waals surface area contributed by atoms with E-state index < -0.39 is 16.5 Å². The Morgan fingerprint density at radius 2 is 1.93 bits per heavy atom. The van der Waals surface area contributed by atoms with E-state index in [0.717, 1.165) is 6.21 Å². The fourth-order valence-corrected chi connectivity index (χ4v) is 2.26. The monoisotopic (exact) mass is 389 g/mol. The molecule has 0 heterocycles. The number of hydrogen-bond acceptors (Lipinski definition) is 8. The number of phenols is 1. The van der Waals surface area contributed by atoms with Crippen LogP contribution in [0.1, 0.15) is 12.5 Å². The smallest absolute Gasteiger partial charge is 0.323 e. The van der Waals surface area contributed by atoms with Crippen LogP contribution in [-0.2, 0) is 4.79 Å². The second kappa shape index (κ2) is 9.76. The molecule has 0 aliphatic carbocycles. The SMILES string of the molecule is CCOc1ccccc1OCC(=O)NN=Cc1ccc(O)c(OC)c1[N+](=O)[O-]. The van der Waals surface area contributed by atoms with Crippen LogP contribution < -0.4 is 19.6 Å². The number of hydrazone groups is 1. The van der Waals surface area contributed by atoms with Gasteiger partial charge in [-0.1, -0.05) is 12.1 Å². The molecule has 28 heavy (non-hydrogen) atoms. The Bertz CT molecular complexity index is 883. The number of aromatic hydroxyl groups is 1. The molecule has 2 aromatic rings. The Kier molecular flexibility index (Phi) is 7.14. The lowest BCUT2D eigenvalue weighted by Crippen LogP contribution is -2.24. The van der Waals surface area contributed by atoms with Crippen molar-refractivity contribution in [2.75, 3.05) is 20.3 Å². The topological polar surface area (TPSA) is 133 Å². The van der Waals surface area contributed by atoms with Crippen LogP contribution >= 0.6 is 0 Å². The van der Waals surface area contributed by atoms with Crippen molar-refractivity contribution in [3.8, 4) is 23.0 Å². The summed E-state index contributed by atoms with van der Waals surface area (Å²) >= 11 is 0. The zero-order valence-electron chi connectivity index (χ0n) is 15.2. The molecule has 1 amide bonds. The van der Waals surface area contributed by atoms with Gasteiger partial charge in [0.1, 0.15) is 0 Å². The van der Waals surface area contributed by atoms with Gasteiger partial charge in [-0.25, -0.2) is 5.43 Å². The Balaban J connectivity index is 2.02. The van der Waals surface area contributed by atoms with E-state index in [-0.39, 0.29) is 23.7 Å². The molecule has 0 fully saturated rings. The zero-order chi connectivity index (χ0) is 20.5.